The molecule has 0 saturated carbocycles. The lowest BCUT2D eigenvalue weighted by molar-refractivity contribution is 0.102. The number of aromatic nitrogens is 2. The molecule has 1 amide bonds. The van der Waals surface area contributed by atoms with E-state index < -0.39 is 0 Å². The molecular formula is C30H31N5O2. The predicted octanol–water partition coefficient (Wildman–Crippen LogP) is 4.52. The van der Waals surface area contributed by atoms with E-state index in [2.05, 4.69) is 57.6 Å². The van der Waals surface area contributed by atoms with Crippen LogP contribution in [0.15, 0.2) is 85.1 Å². The number of fused-ring (bicyclic) bond motifs is 1. The van der Waals surface area contributed by atoms with Gasteiger partial charge in [0.1, 0.15) is 0 Å². The van der Waals surface area contributed by atoms with Gasteiger partial charge in [0.15, 0.2) is 0 Å². The highest BCUT2D eigenvalue weighted by Gasteiger charge is 2.22. The first kappa shape index (κ1) is 23.5. The van der Waals surface area contributed by atoms with Gasteiger partial charge in [-0.15, -0.1) is 0 Å². The van der Waals surface area contributed by atoms with Gasteiger partial charge in [0.2, 0.25) is 0 Å². The Kier molecular flexibility index (Phi) is 6.71. The van der Waals surface area contributed by atoms with Crippen molar-refractivity contribution in [3.05, 3.63) is 107 Å². The van der Waals surface area contributed by atoms with Gasteiger partial charge in [0, 0.05) is 67.3 Å². The molecule has 6 rings (SSSR count). The minimum Gasteiger partial charge on any atom is -0.378 e. The van der Waals surface area contributed by atoms with Gasteiger partial charge in [0.05, 0.1) is 25.1 Å². The van der Waals surface area contributed by atoms with Gasteiger partial charge >= 0.3 is 0 Å². The van der Waals surface area contributed by atoms with E-state index in [-0.39, 0.29) is 5.91 Å². The van der Waals surface area contributed by atoms with Crippen LogP contribution in [-0.2, 0) is 24.2 Å². The van der Waals surface area contributed by atoms with Crippen molar-refractivity contribution in [3.63, 3.8) is 0 Å². The molecule has 0 unspecified atom stereocenters. The second kappa shape index (κ2) is 10.6. The van der Waals surface area contributed by atoms with E-state index in [0.717, 1.165) is 69.4 Å². The lowest BCUT2D eigenvalue weighted by Gasteiger charge is -2.28. The highest BCUT2D eigenvalue weighted by atomic mass is 16.5. The van der Waals surface area contributed by atoms with Gasteiger partial charge in [-0.3, -0.25) is 9.69 Å². The Labute approximate surface area is 217 Å². The fourth-order valence-corrected chi connectivity index (χ4v) is 5.15. The van der Waals surface area contributed by atoms with Gasteiger partial charge in [-0.2, -0.15) is 5.10 Å². The molecule has 1 aromatic heterocycles. The molecule has 2 aliphatic heterocycles. The van der Waals surface area contributed by atoms with E-state index in [4.69, 9.17) is 9.84 Å². The highest BCUT2D eigenvalue weighted by Crippen LogP contribution is 2.24. The molecule has 1 N–H and O–H groups in total. The Bertz CT molecular complexity index is 1360. The number of nitrogens with zero attached hydrogens (tertiary/aromatic N) is 4. The summed E-state index contributed by atoms with van der Waals surface area (Å²) >= 11 is 0. The van der Waals surface area contributed by atoms with Crippen LogP contribution in [-0.4, -0.2) is 53.4 Å². The number of hydrogen-bond acceptors (Lipinski definition) is 5. The Morgan fingerprint density at radius 3 is 2.51 bits per heavy atom. The maximum atomic E-state index is 13.1. The molecule has 3 aromatic carbocycles. The van der Waals surface area contributed by atoms with Crippen molar-refractivity contribution in [1.82, 2.24) is 14.7 Å². The van der Waals surface area contributed by atoms with Crippen molar-refractivity contribution < 1.29 is 9.53 Å². The summed E-state index contributed by atoms with van der Waals surface area (Å²) < 4.78 is 7.42. The number of anilines is 2. The van der Waals surface area contributed by atoms with E-state index in [1.54, 1.807) is 0 Å². The van der Waals surface area contributed by atoms with Crippen molar-refractivity contribution in [1.29, 1.82) is 0 Å². The molecule has 188 valence electrons. The molecule has 7 heteroatoms. The van der Waals surface area contributed by atoms with E-state index >= 15 is 0 Å². The van der Waals surface area contributed by atoms with Gasteiger partial charge in [0.25, 0.3) is 5.91 Å². The van der Waals surface area contributed by atoms with Crippen molar-refractivity contribution in [2.24, 2.45) is 0 Å². The normalized spacial score (nSPS) is 15.8. The standard InChI is InChI=1S/C30H31N5O2/c36-30(32-26-9-11-27(12-10-26)34-15-17-37-18-16-34)24-7-4-8-28(19-24)35-29-13-14-33(22-25(29)20-31-35)21-23-5-2-1-3-6-23/h1-12,19-20H,13-18,21-22H2,(H,32,36). The zero-order chi connectivity index (χ0) is 25.0. The number of carbonyl (C=O) groups is 1. The van der Waals surface area contributed by atoms with Crippen molar-refractivity contribution >= 4 is 17.3 Å². The Balaban J connectivity index is 1.13. The van der Waals surface area contributed by atoms with Crippen LogP contribution in [0.25, 0.3) is 5.69 Å². The van der Waals surface area contributed by atoms with Crippen LogP contribution in [0.3, 0.4) is 0 Å². The number of hydrogen-bond donors (Lipinski definition) is 1. The number of nitrogens with one attached hydrogen (secondary N) is 1. The number of morpholine rings is 1. The van der Waals surface area contributed by atoms with Crippen molar-refractivity contribution in [2.75, 3.05) is 43.1 Å². The minimum atomic E-state index is -0.129. The second-order valence-electron chi connectivity index (χ2n) is 9.63. The average molecular weight is 494 g/mol. The molecule has 0 atom stereocenters. The first-order chi connectivity index (χ1) is 18.2. The van der Waals surface area contributed by atoms with E-state index in [9.17, 15) is 4.79 Å². The Hall–Kier alpha value is -3.94. The van der Waals surface area contributed by atoms with E-state index in [1.165, 1.54) is 16.8 Å². The summed E-state index contributed by atoms with van der Waals surface area (Å²) in [7, 11) is 0. The van der Waals surface area contributed by atoms with Crippen molar-refractivity contribution in [3.8, 4) is 5.69 Å². The number of carbonyl (C=O) groups excluding carboxylic acids is 1. The molecule has 4 aromatic rings. The SMILES string of the molecule is O=C(Nc1ccc(N2CCOCC2)cc1)c1cccc(-n2ncc3c2CCN(Cc2ccccc2)C3)c1. The first-order valence-corrected chi connectivity index (χ1v) is 12.9. The summed E-state index contributed by atoms with van der Waals surface area (Å²) in [4.78, 5) is 17.8. The molecule has 0 aliphatic carbocycles. The molecule has 7 nitrogen and oxygen atoms in total. The maximum Gasteiger partial charge on any atom is 0.255 e. The monoisotopic (exact) mass is 493 g/mol. The smallest absolute Gasteiger partial charge is 0.255 e. The van der Waals surface area contributed by atoms with Crippen LogP contribution in [0.4, 0.5) is 11.4 Å². The molecule has 3 heterocycles. The largest absolute Gasteiger partial charge is 0.378 e. The Morgan fingerprint density at radius 2 is 1.70 bits per heavy atom. The van der Waals surface area contributed by atoms with Gasteiger partial charge in [-0.1, -0.05) is 36.4 Å². The first-order valence-electron chi connectivity index (χ1n) is 12.9. The van der Waals surface area contributed by atoms with E-state index in [1.807, 2.05) is 47.3 Å². The molecule has 0 spiro atoms. The van der Waals surface area contributed by atoms with Gasteiger partial charge in [-0.05, 0) is 48.0 Å². The highest BCUT2D eigenvalue weighted by molar-refractivity contribution is 6.04. The molecule has 37 heavy (non-hydrogen) atoms. The topological polar surface area (TPSA) is 62.6 Å². The summed E-state index contributed by atoms with van der Waals surface area (Å²) in [5.74, 6) is -0.129. The fraction of sp³-hybridized carbons (Fsp3) is 0.267. The number of benzene rings is 3. The zero-order valence-corrected chi connectivity index (χ0v) is 20.8. The fourth-order valence-electron chi connectivity index (χ4n) is 5.15. The third-order valence-corrected chi connectivity index (χ3v) is 7.12. The molecular weight excluding hydrogens is 462 g/mol. The maximum absolute atomic E-state index is 13.1. The van der Waals surface area contributed by atoms with Gasteiger partial charge in [-0.25, -0.2) is 4.68 Å². The van der Waals surface area contributed by atoms with Crippen molar-refractivity contribution in [2.45, 2.75) is 19.5 Å². The zero-order valence-electron chi connectivity index (χ0n) is 20.8. The average Bonchev–Trinajstić information content (AvgIpc) is 3.38. The molecule has 2 aliphatic rings. The van der Waals surface area contributed by atoms with E-state index in [0.29, 0.717) is 5.56 Å². The van der Waals surface area contributed by atoms with Crippen LogP contribution < -0.4 is 10.2 Å². The van der Waals surface area contributed by atoms with Crippen LogP contribution in [0, 0.1) is 0 Å². The predicted molar refractivity (Wildman–Crippen MR) is 145 cm³/mol. The third-order valence-electron chi connectivity index (χ3n) is 7.12. The molecule has 0 radical (unpaired) electrons. The van der Waals surface area contributed by atoms with Crippen LogP contribution in [0.2, 0.25) is 0 Å². The summed E-state index contributed by atoms with van der Waals surface area (Å²) in [6, 6.07) is 26.3. The third kappa shape index (κ3) is 5.28. The lowest BCUT2D eigenvalue weighted by Crippen LogP contribution is -2.36. The summed E-state index contributed by atoms with van der Waals surface area (Å²) in [6.07, 6.45) is 2.89. The minimum absolute atomic E-state index is 0.129. The lowest BCUT2D eigenvalue weighted by atomic mass is 10.1. The number of amides is 1. The van der Waals surface area contributed by atoms with Crippen LogP contribution in [0.1, 0.15) is 27.2 Å². The number of rotatable bonds is 6. The summed E-state index contributed by atoms with van der Waals surface area (Å²) in [6.45, 7) is 6.08. The summed E-state index contributed by atoms with van der Waals surface area (Å²) in [5, 5.41) is 7.73. The molecule has 0 bridgehead atoms. The summed E-state index contributed by atoms with van der Waals surface area (Å²) in [5.41, 5.74) is 7.25. The van der Waals surface area contributed by atoms with Crippen LogP contribution in [0.5, 0.6) is 0 Å². The van der Waals surface area contributed by atoms with Gasteiger partial charge < -0.3 is 15.0 Å². The number of ether oxygens (including phenoxy) is 1. The van der Waals surface area contributed by atoms with Crippen LogP contribution >= 0.6 is 0 Å². The quantitative estimate of drug-likeness (QED) is 0.428. The second-order valence-corrected chi connectivity index (χ2v) is 9.63. The molecule has 1 fully saturated rings. The molecule has 1 saturated heterocycles. The Morgan fingerprint density at radius 1 is 0.892 bits per heavy atom.